The molecule has 1 amide bonds. The highest BCUT2D eigenvalue weighted by atomic mass is 16.5. The smallest absolute Gasteiger partial charge is 0.256 e. The van der Waals surface area contributed by atoms with Crippen molar-refractivity contribution in [2.75, 3.05) is 12.4 Å². The first-order valence-electron chi connectivity index (χ1n) is 8.02. The van der Waals surface area contributed by atoms with Gasteiger partial charge >= 0.3 is 0 Å². The maximum absolute atomic E-state index is 12.6. The molecule has 0 spiro atoms. The molecule has 1 aromatic carbocycles. The average Bonchev–Trinajstić information content (AvgIpc) is 2.93. The Morgan fingerprint density at radius 3 is 2.18 bits per heavy atom. The predicted octanol–water partition coefficient (Wildman–Crippen LogP) is 3.99. The van der Waals surface area contributed by atoms with Gasteiger partial charge < -0.3 is 14.8 Å². The molecule has 122 valence electrons. The van der Waals surface area contributed by atoms with Crippen LogP contribution < -0.4 is 10.1 Å². The molecule has 0 aliphatic heterocycles. The molecule has 1 aliphatic carbocycles. The topological polar surface area (TPSA) is 47.6 Å². The van der Waals surface area contributed by atoms with Gasteiger partial charge in [0.05, 0.1) is 6.10 Å². The Hall–Kier alpha value is -1.55. The minimum Gasteiger partial charge on any atom is -0.490 e. The van der Waals surface area contributed by atoms with E-state index in [0.29, 0.717) is 0 Å². The quantitative estimate of drug-likeness (QED) is 0.895. The number of hydrogen-bond donors (Lipinski definition) is 1. The highest BCUT2D eigenvalue weighted by Crippen LogP contribution is 2.34. The third-order valence-electron chi connectivity index (χ3n) is 4.29. The molecule has 0 unspecified atom stereocenters. The molecule has 2 rings (SSSR count). The Balaban J connectivity index is 2.18. The van der Waals surface area contributed by atoms with E-state index >= 15 is 0 Å². The molecule has 0 atom stereocenters. The highest BCUT2D eigenvalue weighted by molar-refractivity contribution is 5.97. The molecule has 1 saturated carbocycles. The number of hydrogen-bond acceptors (Lipinski definition) is 3. The van der Waals surface area contributed by atoms with Crippen LogP contribution in [0.3, 0.4) is 0 Å². The summed E-state index contributed by atoms with van der Waals surface area (Å²) in [5, 5.41) is 3.02. The molecule has 1 aromatic rings. The van der Waals surface area contributed by atoms with Crippen molar-refractivity contribution in [2.45, 2.75) is 65.1 Å². The second kappa shape index (κ2) is 6.69. The summed E-state index contributed by atoms with van der Waals surface area (Å²) in [4.78, 5) is 12.6. The fourth-order valence-corrected chi connectivity index (χ4v) is 3.16. The van der Waals surface area contributed by atoms with Crippen LogP contribution in [0.5, 0.6) is 5.75 Å². The third kappa shape index (κ3) is 3.43. The summed E-state index contributed by atoms with van der Waals surface area (Å²) in [5.74, 6) is 0.860. The maximum Gasteiger partial charge on any atom is 0.256 e. The number of carbonyl (C=O) groups is 1. The second-order valence-corrected chi connectivity index (χ2v) is 6.47. The van der Waals surface area contributed by atoms with Crippen LogP contribution in [0.4, 0.5) is 5.69 Å². The molecular weight excluding hydrogens is 278 g/mol. The van der Waals surface area contributed by atoms with Gasteiger partial charge in [-0.25, -0.2) is 0 Å². The first kappa shape index (κ1) is 16.8. The Morgan fingerprint density at radius 1 is 1.18 bits per heavy atom. The first-order chi connectivity index (χ1) is 10.4. The van der Waals surface area contributed by atoms with Crippen molar-refractivity contribution in [3.8, 4) is 5.75 Å². The zero-order valence-corrected chi connectivity index (χ0v) is 14.3. The SMILES string of the molecule is COC1(C(=O)Nc2cc(C)c(OC(C)C)c(C)c2)CCCC1. The Bertz CT molecular complexity index is 522. The van der Waals surface area contributed by atoms with Gasteiger partial charge in [0.1, 0.15) is 11.4 Å². The lowest BCUT2D eigenvalue weighted by Gasteiger charge is -2.26. The van der Waals surface area contributed by atoms with Gasteiger partial charge in [-0.15, -0.1) is 0 Å². The van der Waals surface area contributed by atoms with E-state index in [1.807, 2.05) is 39.8 Å². The molecule has 4 heteroatoms. The van der Waals surface area contributed by atoms with Crippen LogP contribution in [-0.2, 0) is 9.53 Å². The number of rotatable bonds is 5. The number of amides is 1. The van der Waals surface area contributed by atoms with E-state index in [1.165, 1.54) is 0 Å². The number of nitrogens with one attached hydrogen (secondary N) is 1. The molecule has 1 fully saturated rings. The molecule has 4 nitrogen and oxygen atoms in total. The van der Waals surface area contributed by atoms with Crippen molar-refractivity contribution in [1.82, 2.24) is 0 Å². The average molecular weight is 305 g/mol. The first-order valence-corrected chi connectivity index (χ1v) is 8.02. The van der Waals surface area contributed by atoms with Crippen LogP contribution in [-0.4, -0.2) is 24.7 Å². The lowest BCUT2D eigenvalue weighted by molar-refractivity contribution is -0.136. The van der Waals surface area contributed by atoms with Gasteiger partial charge in [-0.1, -0.05) is 0 Å². The number of benzene rings is 1. The summed E-state index contributed by atoms with van der Waals surface area (Å²) in [7, 11) is 1.63. The molecular formula is C18H27NO3. The van der Waals surface area contributed by atoms with Crippen molar-refractivity contribution < 1.29 is 14.3 Å². The summed E-state index contributed by atoms with van der Waals surface area (Å²) in [5.41, 5.74) is 2.21. The van der Waals surface area contributed by atoms with Gasteiger partial charge in [-0.05, 0) is 76.6 Å². The van der Waals surface area contributed by atoms with Gasteiger partial charge in [-0.3, -0.25) is 4.79 Å². The number of methoxy groups -OCH3 is 1. The van der Waals surface area contributed by atoms with E-state index in [-0.39, 0.29) is 12.0 Å². The van der Waals surface area contributed by atoms with E-state index in [1.54, 1.807) is 7.11 Å². The largest absolute Gasteiger partial charge is 0.490 e. The van der Waals surface area contributed by atoms with Crippen LogP contribution in [0, 0.1) is 13.8 Å². The van der Waals surface area contributed by atoms with E-state index < -0.39 is 5.60 Å². The number of ether oxygens (including phenoxy) is 2. The lowest BCUT2D eigenvalue weighted by atomic mass is 10.0. The van der Waals surface area contributed by atoms with Gasteiger partial charge in [0.2, 0.25) is 0 Å². The van der Waals surface area contributed by atoms with Crippen LogP contribution in [0.2, 0.25) is 0 Å². The molecule has 0 bridgehead atoms. The van der Waals surface area contributed by atoms with Crippen molar-refractivity contribution >= 4 is 11.6 Å². The zero-order valence-electron chi connectivity index (χ0n) is 14.3. The van der Waals surface area contributed by atoms with E-state index in [9.17, 15) is 4.79 Å². The van der Waals surface area contributed by atoms with Crippen molar-refractivity contribution in [3.05, 3.63) is 23.3 Å². The second-order valence-electron chi connectivity index (χ2n) is 6.47. The summed E-state index contributed by atoms with van der Waals surface area (Å²) >= 11 is 0. The third-order valence-corrected chi connectivity index (χ3v) is 4.29. The summed E-state index contributed by atoms with van der Waals surface area (Å²) in [6, 6.07) is 3.92. The fourth-order valence-electron chi connectivity index (χ4n) is 3.16. The lowest BCUT2D eigenvalue weighted by Crippen LogP contribution is -2.42. The van der Waals surface area contributed by atoms with Gasteiger partial charge in [-0.2, -0.15) is 0 Å². The molecule has 0 radical (unpaired) electrons. The zero-order chi connectivity index (χ0) is 16.3. The molecule has 1 aliphatic rings. The van der Waals surface area contributed by atoms with Gasteiger partial charge in [0.15, 0.2) is 0 Å². The van der Waals surface area contributed by atoms with Gasteiger partial charge in [0.25, 0.3) is 5.91 Å². The predicted molar refractivity (Wildman–Crippen MR) is 88.5 cm³/mol. The monoisotopic (exact) mass is 305 g/mol. The number of aryl methyl sites for hydroxylation is 2. The normalized spacial score (nSPS) is 16.8. The molecule has 0 heterocycles. The minimum atomic E-state index is -0.658. The van der Waals surface area contributed by atoms with Crippen LogP contribution in [0.25, 0.3) is 0 Å². The van der Waals surface area contributed by atoms with E-state index in [0.717, 1.165) is 48.2 Å². The van der Waals surface area contributed by atoms with E-state index in [4.69, 9.17) is 9.47 Å². The standard InChI is InChI=1S/C18H27NO3/c1-12(2)22-16-13(3)10-15(11-14(16)4)19-17(20)18(21-5)8-6-7-9-18/h10-12H,6-9H2,1-5H3,(H,19,20). The summed E-state index contributed by atoms with van der Waals surface area (Å²) < 4.78 is 11.4. The van der Waals surface area contributed by atoms with Crippen LogP contribution >= 0.6 is 0 Å². The number of carbonyl (C=O) groups excluding carboxylic acids is 1. The molecule has 1 N–H and O–H groups in total. The fraction of sp³-hybridized carbons (Fsp3) is 0.611. The van der Waals surface area contributed by atoms with Crippen molar-refractivity contribution in [2.24, 2.45) is 0 Å². The maximum atomic E-state index is 12.6. The van der Waals surface area contributed by atoms with Crippen LogP contribution in [0.1, 0.15) is 50.7 Å². The Labute approximate surface area is 133 Å². The number of anilines is 1. The minimum absolute atomic E-state index is 0.0381. The van der Waals surface area contributed by atoms with Crippen molar-refractivity contribution in [3.63, 3.8) is 0 Å². The van der Waals surface area contributed by atoms with Gasteiger partial charge in [0, 0.05) is 12.8 Å². The summed E-state index contributed by atoms with van der Waals surface area (Å²) in [6.07, 6.45) is 3.80. The van der Waals surface area contributed by atoms with Crippen LogP contribution in [0.15, 0.2) is 12.1 Å². The molecule has 22 heavy (non-hydrogen) atoms. The molecule has 0 saturated heterocycles. The highest BCUT2D eigenvalue weighted by Gasteiger charge is 2.41. The molecule has 0 aromatic heterocycles. The van der Waals surface area contributed by atoms with Crippen molar-refractivity contribution in [1.29, 1.82) is 0 Å². The van der Waals surface area contributed by atoms with E-state index in [2.05, 4.69) is 5.32 Å². The Kier molecular flexibility index (Phi) is 5.12. The Morgan fingerprint density at radius 2 is 1.73 bits per heavy atom. The summed E-state index contributed by atoms with van der Waals surface area (Å²) in [6.45, 7) is 8.03.